The molecule has 0 fully saturated rings. The highest BCUT2D eigenvalue weighted by atomic mass is 32.2. The van der Waals surface area contributed by atoms with Crippen LogP contribution in [0.2, 0.25) is 0 Å². The molecule has 0 aliphatic heterocycles. The lowest BCUT2D eigenvalue weighted by molar-refractivity contribution is -0.161. The summed E-state index contributed by atoms with van der Waals surface area (Å²) in [4.78, 5) is 12.5. The van der Waals surface area contributed by atoms with Crippen LogP contribution >= 0.6 is 11.8 Å². The Bertz CT molecular complexity index is 601. The fourth-order valence-corrected chi connectivity index (χ4v) is 3.22. The van der Waals surface area contributed by atoms with Gasteiger partial charge in [0, 0.05) is 4.90 Å². The van der Waals surface area contributed by atoms with Crippen LogP contribution in [0.4, 0.5) is 0 Å². The van der Waals surface area contributed by atoms with E-state index in [0.717, 1.165) is 10.5 Å². The number of hydrogen-bond donors (Lipinski definition) is 0. The number of carbonyl (C=O) groups excluding carboxylic acids is 1. The zero-order chi connectivity index (χ0) is 16.5. The van der Waals surface area contributed by atoms with E-state index in [9.17, 15) is 4.79 Å². The molecule has 2 aromatic rings. The topological polar surface area (TPSA) is 35.5 Å². The molecule has 0 aromatic heterocycles. The van der Waals surface area contributed by atoms with Crippen molar-refractivity contribution in [3.8, 4) is 0 Å². The maximum absolute atomic E-state index is 12.6. The lowest BCUT2D eigenvalue weighted by atomic mass is 10.2. The highest BCUT2D eigenvalue weighted by molar-refractivity contribution is 8.01. The Morgan fingerprint density at radius 2 is 1.61 bits per heavy atom. The Labute approximate surface area is 142 Å². The van der Waals surface area contributed by atoms with Gasteiger partial charge in [0.25, 0.3) is 0 Å². The van der Waals surface area contributed by atoms with E-state index >= 15 is 0 Å². The summed E-state index contributed by atoms with van der Waals surface area (Å²) in [7, 11) is 0. The molecule has 0 heterocycles. The first-order chi connectivity index (χ1) is 11.2. The predicted octanol–water partition coefficient (Wildman–Crippen LogP) is 4.66. The number of benzene rings is 2. The molecule has 0 aliphatic rings. The van der Waals surface area contributed by atoms with Gasteiger partial charge < -0.3 is 9.47 Å². The normalized spacial score (nSPS) is 13.3. The van der Waals surface area contributed by atoms with Crippen LogP contribution in [0, 0.1) is 0 Å². The van der Waals surface area contributed by atoms with Gasteiger partial charge >= 0.3 is 5.97 Å². The zero-order valence-corrected chi connectivity index (χ0v) is 14.3. The summed E-state index contributed by atoms with van der Waals surface area (Å²) >= 11 is 1.41. The molecule has 2 rings (SSSR count). The van der Waals surface area contributed by atoms with Gasteiger partial charge in [0.1, 0.15) is 0 Å². The molecule has 1 atom stereocenters. The highest BCUT2D eigenvalue weighted by Crippen LogP contribution is 2.38. The van der Waals surface area contributed by atoms with Crippen molar-refractivity contribution >= 4 is 17.7 Å². The second-order valence-corrected chi connectivity index (χ2v) is 6.35. The summed E-state index contributed by atoms with van der Waals surface area (Å²) in [5.74, 6) is -0.327. The van der Waals surface area contributed by atoms with E-state index in [1.165, 1.54) is 11.8 Å². The Balaban J connectivity index is 2.20. The number of esters is 1. The summed E-state index contributed by atoms with van der Waals surface area (Å²) in [5, 5.41) is 0. The maximum atomic E-state index is 12.6. The molecular formula is C19H22O3S. The second-order valence-electron chi connectivity index (χ2n) is 5.02. The van der Waals surface area contributed by atoms with Gasteiger partial charge in [-0.3, -0.25) is 0 Å². The molecule has 0 bridgehead atoms. The van der Waals surface area contributed by atoms with E-state index < -0.39 is 4.93 Å². The largest absolute Gasteiger partial charge is 0.463 e. The van der Waals surface area contributed by atoms with E-state index in [0.29, 0.717) is 19.6 Å². The van der Waals surface area contributed by atoms with Crippen LogP contribution < -0.4 is 0 Å². The third kappa shape index (κ3) is 4.85. The van der Waals surface area contributed by atoms with Crippen LogP contribution in [0.1, 0.15) is 25.8 Å². The van der Waals surface area contributed by atoms with E-state index in [2.05, 4.69) is 0 Å². The average molecular weight is 330 g/mol. The van der Waals surface area contributed by atoms with Gasteiger partial charge in [0.15, 0.2) is 0 Å². The summed E-state index contributed by atoms with van der Waals surface area (Å²) in [6, 6.07) is 19.6. The Morgan fingerprint density at radius 1 is 1.00 bits per heavy atom. The molecule has 3 nitrogen and oxygen atoms in total. The molecule has 0 aliphatic carbocycles. The van der Waals surface area contributed by atoms with Crippen molar-refractivity contribution in [1.29, 1.82) is 0 Å². The van der Waals surface area contributed by atoms with Crippen molar-refractivity contribution < 1.29 is 14.3 Å². The van der Waals surface area contributed by atoms with Crippen LogP contribution in [0.3, 0.4) is 0 Å². The number of rotatable bonds is 8. The van der Waals surface area contributed by atoms with E-state index in [4.69, 9.17) is 9.47 Å². The van der Waals surface area contributed by atoms with Crippen LogP contribution in [0.15, 0.2) is 65.6 Å². The minimum Gasteiger partial charge on any atom is -0.463 e. The first-order valence-corrected chi connectivity index (χ1v) is 8.61. The number of ether oxygens (including phenoxy) is 2. The van der Waals surface area contributed by atoms with Gasteiger partial charge in [-0.25, -0.2) is 4.79 Å². The highest BCUT2D eigenvalue weighted by Gasteiger charge is 2.41. The SMILES string of the molecule is CCOC(=O)C(CC)(OCc1ccccc1)Sc1ccccc1. The lowest BCUT2D eigenvalue weighted by Gasteiger charge is -2.30. The lowest BCUT2D eigenvalue weighted by Crippen LogP contribution is -2.39. The molecule has 1 unspecified atom stereocenters. The second kappa shape index (κ2) is 8.75. The number of thioether (sulfide) groups is 1. The van der Waals surface area contributed by atoms with Gasteiger partial charge in [0.05, 0.1) is 13.2 Å². The molecular weight excluding hydrogens is 308 g/mol. The molecule has 0 radical (unpaired) electrons. The summed E-state index contributed by atoms with van der Waals surface area (Å²) in [6.07, 6.45) is 0.526. The predicted molar refractivity (Wildman–Crippen MR) is 93.2 cm³/mol. The van der Waals surface area contributed by atoms with Crippen LogP contribution in [0.25, 0.3) is 0 Å². The first-order valence-electron chi connectivity index (χ1n) is 7.79. The van der Waals surface area contributed by atoms with Crippen LogP contribution in [-0.4, -0.2) is 17.5 Å². The molecule has 122 valence electrons. The third-order valence-corrected chi connectivity index (χ3v) is 4.80. The van der Waals surface area contributed by atoms with Gasteiger partial charge in [-0.1, -0.05) is 67.2 Å². The summed E-state index contributed by atoms with van der Waals surface area (Å²) < 4.78 is 11.3. The van der Waals surface area contributed by atoms with Crippen LogP contribution in [-0.2, 0) is 20.9 Å². The minimum absolute atomic E-state index is 0.327. The van der Waals surface area contributed by atoms with Crippen molar-refractivity contribution in [1.82, 2.24) is 0 Å². The van der Waals surface area contributed by atoms with Gasteiger partial charge in [-0.2, -0.15) is 0 Å². The van der Waals surface area contributed by atoms with Crippen LogP contribution in [0.5, 0.6) is 0 Å². The van der Waals surface area contributed by atoms with Crippen molar-refractivity contribution in [2.75, 3.05) is 6.61 Å². The molecule has 0 amide bonds. The maximum Gasteiger partial charge on any atom is 0.349 e. The van der Waals surface area contributed by atoms with E-state index in [1.54, 1.807) is 0 Å². The Morgan fingerprint density at radius 3 is 2.17 bits per heavy atom. The van der Waals surface area contributed by atoms with Crippen molar-refractivity contribution in [3.05, 3.63) is 66.2 Å². The molecule has 0 N–H and O–H groups in total. The Hall–Kier alpha value is -1.78. The fourth-order valence-electron chi connectivity index (χ4n) is 2.14. The van der Waals surface area contributed by atoms with Gasteiger partial charge in [-0.05, 0) is 31.0 Å². The van der Waals surface area contributed by atoms with Crippen molar-refractivity contribution in [2.24, 2.45) is 0 Å². The van der Waals surface area contributed by atoms with Crippen molar-refractivity contribution in [3.63, 3.8) is 0 Å². The van der Waals surface area contributed by atoms with Gasteiger partial charge in [-0.15, -0.1) is 0 Å². The molecule has 23 heavy (non-hydrogen) atoms. The summed E-state index contributed by atoms with van der Waals surface area (Å²) in [5.41, 5.74) is 1.03. The quantitative estimate of drug-likeness (QED) is 0.400. The fraction of sp³-hybridized carbons (Fsp3) is 0.316. The molecule has 0 spiro atoms. The van der Waals surface area contributed by atoms with Crippen molar-refractivity contribution in [2.45, 2.75) is 36.7 Å². The van der Waals surface area contributed by atoms with E-state index in [1.807, 2.05) is 74.5 Å². The monoisotopic (exact) mass is 330 g/mol. The molecule has 0 saturated carbocycles. The molecule has 4 heteroatoms. The molecule has 2 aromatic carbocycles. The summed E-state index contributed by atoms with van der Waals surface area (Å²) in [6.45, 7) is 4.46. The third-order valence-electron chi connectivity index (χ3n) is 3.39. The first kappa shape index (κ1) is 17.6. The molecule has 0 saturated heterocycles. The smallest absolute Gasteiger partial charge is 0.349 e. The average Bonchev–Trinajstić information content (AvgIpc) is 2.60. The number of hydrogen-bond acceptors (Lipinski definition) is 4. The standard InChI is InChI=1S/C19H22O3S/c1-3-19(18(20)21-4-2,23-17-13-9-6-10-14-17)22-15-16-11-7-5-8-12-16/h5-14H,3-4,15H2,1-2H3. The zero-order valence-electron chi connectivity index (χ0n) is 13.5. The number of carbonyl (C=O) groups is 1. The van der Waals surface area contributed by atoms with Gasteiger partial charge in [0.2, 0.25) is 4.93 Å². The minimum atomic E-state index is -1.03. The Kier molecular flexibility index (Phi) is 6.68. The van der Waals surface area contributed by atoms with E-state index in [-0.39, 0.29) is 5.97 Å².